The first kappa shape index (κ1) is 29.8. The maximum atomic E-state index is 6.97. The van der Waals surface area contributed by atoms with Crippen molar-refractivity contribution in [2.75, 3.05) is 4.90 Å². The lowest BCUT2D eigenvalue weighted by atomic mass is 10.0. The molecular formula is C48H33NOSSi. The molecule has 0 atom stereocenters. The summed E-state index contributed by atoms with van der Waals surface area (Å²) < 4.78 is 9.58. The zero-order valence-corrected chi connectivity index (χ0v) is 30.7. The van der Waals surface area contributed by atoms with Crippen molar-refractivity contribution in [1.29, 1.82) is 0 Å². The van der Waals surface area contributed by atoms with Crippen molar-refractivity contribution >= 4 is 99.7 Å². The van der Waals surface area contributed by atoms with Crippen LogP contribution in [0.5, 0.6) is 0 Å². The van der Waals surface area contributed by atoms with Crippen LogP contribution in [-0.4, -0.2) is 8.07 Å². The van der Waals surface area contributed by atoms with E-state index in [0.717, 1.165) is 33.6 Å². The van der Waals surface area contributed by atoms with Crippen molar-refractivity contribution in [1.82, 2.24) is 0 Å². The van der Waals surface area contributed by atoms with E-state index in [4.69, 9.17) is 4.42 Å². The quantitative estimate of drug-likeness (QED) is 0.170. The van der Waals surface area contributed by atoms with Gasteiger partial charge in [-0.25, -0.2) is 0 Å². The van der Waals surface area contributed by atoms with E-state index in [0.29, 0.717) is 0 Å². The Bertz CT molecular complexity index is 3050. The van der Waals surface area contributed by atoms with E-state index >= 15 is 0 Å². The van der Waals surface area contributed by atoms with Crippen molar-refractivity contribution in [2.45, 2.75) is 13.1 Å². The molecule has 0 bridgehead atoms. The largest absolute Gasteiger partial charge is 0.454 e. The van der Waals surface area contributed by atoms with Gasteiger partial charge in [-0.05, 0) is 85.9 Å². The predicted octanol–water partition coefficient (Wildman–Crippen LogP) is 13.0. The number of thiophene rings is 1. The molecule has 3 heterocycles. The van der Waals surface area contributed by atoms with Crippen LogP contribution < -0.4 is 15.3 Å². The van der Waals surface area contributed by atoms with Gasteiger partial charge >= 0.3 is 0 Å². The maximum Gasteiger partial charge on any atom is 0.159 e. The number of furan rings is 1. The van der Waals surface area contributed by atoms with Crippen molar-refractivity contribution in [3.05, 3.63) is 164 Å². The number of nitrogens with zero attached hydrogens (tertiary/aromatic N) is 1. The van der Waals surface area contributed by atoms with Crippen molar-refractivity contribution in [2.24, 2.45) is 0 Å². The van der Waals surface area contributed by atoms with Gasteiger partial charge in [0.25, 0.3) is 0 Å². The lowest BCUT2D eigenvalue weighted by molar-refractivity contribution is 0.669. The molecule has 0 aliphatic carbocycles. The summed E-state index contributed by atoms with van der Waals surface area (Å²) in [7, 11) is -1.80. The molecule has 2 nitrogen and oxygen atoms in total. The summed E-state index contributed by atoms with van der Waals surface area (Å²) >= 11 is 1.88. The number of benzene rings is 8. The maximum absolute atomic E-state index is 6.97. The van der Waals surface area contributed by atoms with Gasteiger partial charge in [0.1, 0.15) is 13.7 Å². The second-order valence-electron chi connectivity index (χ2n) is 14.5. The number of hydrogen-bond acceptors (Lipinski definition) is 3. The topological polar surface area (TPSA) is 16.4 Å². The first-order chi connectivity index (χ1) is 25.5. The van der Waals surface area contributed by atoms with Crippen molar-refractivity contribution < 1.29 is 4.42 Å². The second-order valence-corrected chi connectivity index (χ2v) is 19.9. The number of rotatable bonds is 4. The average molecular weight is 700 g/mol. The van der Waals surface area contributed by atoms with Crippen LogP contribution in [0, 0.1) is 0 Å². The Morgan fingerprint density at radius 1 is 0.519 bits per heavy atom. The fraction of sp³-hybridized carbons (Fsp3) is 0.0417. The van der Waals surface area contributed by atoms with Crippen LogP contribution in [0.3, 0.4) is 0 Å². The van der Waals surface area contributed by atoms with Gasteiger partial charge in [0.05, 0.1) is 5.69 Å². The standard InChI is InChI=1S/C48H33NOSSi/c1-52(2)43-18-9-8-15-36(43)39-29-34(24-28-44(39)52)49(33-22-19-31(20-23-33)30-11-4-3-5-12-30)40-17-10-16-37-45-41(50-47(37)40)26-27-42-46(45)38-25-21-32-13-6-7-14-35(32)48(38)51-42/h3-29H,1-2H3. The van der Waals surface area contributed by atoms with Crippen LogP contribution in [0.4, 0.5) is 17.1 Å². The molecule has 11 rings (SSSR count). The zero-order valence-electron chi connectivity index (χ0n) is 28.9. The van der Waals surface area contributed by atoms with Crippen LogP contribution >= 0.6 is 11.3 Å². The molecular weight excluding hydrogens is 667 g/mol. The van der Waals surface area contributed by atoms with Crippen LogP contribution in [0.1, 0.15) is 0 Å². The van der Waals surface area contributed by atoms with Gasteiger partial charge in [0.15, 0.2) is 5.58 Å². The Morgan fingerprint density at radius 2 is 1.25 bits per heavy atom. The third-order valence-electron chi connectivity index (χ3n) is 11.3. The first-order valence-corrected chi connectivity index (χ1v) is 21.7. The average Bonchev–Trinajstić information content (AvgIpc) is 3.84. The van der Waals surface area contributed by atoms with E-state index in [2.05, 4.69) is 182 Å². The Hall–Kier alpha value is -5.94. The lowest BCUT2D eigenvalue weighted by Crippen LogP contribution is -2.49. The highest BCUT2D eigenvalue weighted by Crippen LogP contribution is 2.48. The van der Waals surface area contributed by atoms with E-state index in [1.807, 2.05) is 11.3 Å². The minimum Gasteiger partial charge on any atom is -0.454 e. The van der Waals surface area contributed by atoms with E-state index in [1.54, 1.807) is 0 Å². The Kier molecular flexibility index (Phi) is 6.31. The van der Waals surface area contributed by atoms with Gasteiger partial charge in [-0.2, -0.15) is 0 Å². The molecule has 4 heteroatoms. The molecule has 0 radical (unpaired) electrons. The van der Waals surface area contributed by atoms with Gasteiger partial charge in [0.2, 0.25) is 0 Å². The Labute approximate surface area is 306 Å². The third-order valence-corrected chi connectivity index (χ3v) is 16.0. The summed E-state index contributed by atoms with van der Waals surface area (Å²) in [4.78, 5) is 2.39. The highest BCUT2D eigenvalue weighted by molar-refractivity contribution is 7.27. The monoisotopic (exact) mass is 699 g/mol. The van der Waals surface area contributed by atoms with E-state index in [-0.39, 0.29) is 0 Å². The normalized spacial score (nSPS) is 13.3. The Balaban J connectivity index is 1.16. The van der Waals surface area contributed by atoms with Crippen LogP contribution in [0.2, 0.25) is 13.1 Å². The summed E-state index contributed by atoms with van der Waals surface area (Å²) in [5.41, 5.74) is 10.2. The van der Waals surface area contributed by atoms with Gasteiger partial charge in [-0.3, -0.25) is 0 Å². The SMILES string of the molecule is C[Si]1(C)c2ccccc2-c2cc(N(c3ccc(-c4ccccc4)cc3)c3cccc4c3oc3ccc5sc6c7ccccc7ccc6c5c34)ccc21. The third kappa shape index (κ3) is 4.22. The fourth-order valence-electron chi connectivity index (χ4n) is 8.75. The Morgan fingerprint density at radius 3 is 2.13 bits per heavy atom. The molecule has 10 aromatic rings. The summed E-state index contributed by atoms with van der Waals surface area (Å²) in [6, 6.07) is 60.0. The van der Waals surface area contributed by atoms with Gasteiger partial charge in [-0.15, -0.1) is 11.3 Å². The molecule has 0 saturated heterocycles. The van der Waals surface area contributed by atoms with E-state index < -0.39 is 8.07 Å². The molecule has 1 aliphatic heterocycles. The fourth-order valence-corrected chi connectivity index (χ4v) is 13.1. The van der Waals surface area contributed by atoms with Gasteiger partial charge in [-0.1, -0.05) is 134 Å². The van der Waals surface area contributed by atoms with Crippen LogP contribution in [0.15, 0.2) is 168 Å². The zero-order chi connectivity index (χ0) is 34.6. The number of anilines is 3. The molecule has 0 spiro atoms. The van der Waals surface area contributed by atoms with Gasteiger partial charge in [0, 0.05) is 42.3 Å². The molecule has 246 valence electrons. The number of fused-ring (bicyclic) bond motifs is 12. The molecule has 2 aromatic heterocycles. The molecule has 0 fully saturated rings. The summed E-state index contributed by atoms with van der Waals surface area (Å²) in [5.74, 6) is 0. The smallest absolute Gasteiger partial charge is 0.159 e. The number of hydrogen-bond donors (Lipinski definition) is 0. The highest BCUT2D eigenvalue weighted by atomic mass is 32.1. The molecule has 1 aliphatic rings. The molecule has 52 heavy (non-hydrogen) atoms. The first-order valence-electron chi connectivity index (χ1n) is 17.9. The van der Waals surface area contributed by atoms with Crippen LogP contribution in [0.25, 0.3) is 75.1 Å². The summed E-state index contributed by atoms with van der Waals surface area (Å²) in [5, 5.41) is 10.5. The molecule has 0 unspecified atom stereocenters. The minimum atomic E-state index is -1.80. The second kappa shape index (κ2) is 11.0. The van der Waals surface area contributed by atoms with E-state index in [9.17, 15) is 0 Å². The van der Waals surface area contributed by atoms with Crippen LogP contribution in [-0.2, 0) is 0 Å². The minimum absolute atomic E-state index is 0.896. The highest BCUT2D eigenvalue weighted by Gasteiger charge is 2.37. The predicted molar refractivity (Wildman–Crippen MR) is 226 cm³/mol. The van der Waals surface area contributed by atoms with Crippen molar-refractivity contribution in [3.63, 3.8) is 0 Å². The summed E-state index contributed by atoms with van der Waals surface area (Å²) in [6.45, 7) is 4.95. The number of para-hydroxylation sites is 1. The van der Waals surface area contributed by atoms with Crippen molar-refractivity contribution in [3.8, 4) is 22.3 Å². The van der Waals surface area contributed by atoms with Gasteiger partial charge < -0.3 is 9.32 Å². The molecule has 0 amide bonds. The molecule has 0 N–H and O–H groups in total. The molecule has 8 aromatic carbocycles. The lowest BCUT2D eigenvalue weighted by Gasteiger charge is -2.27. The van der Waals surface area contributed by atoms with E-state index in [1.165, 1.54) is 69.0 Å². The molecule has 0 saturated carbocycles. The summed E-state index contributed by atoms with van der Waals surface area (Å²) in [6.07, 6.45) is 0.